The molecule has 0 fully saturated rings. The number of nitrogens with zero attached hydrogens (tertiary/aromatic N) is 4. The highest BCUT2D eigenvalue weighted by Crippen LogP contribution is 2.34. The van der Waals surface area contributed by atoms with Gasteiger partial charge in [-0.1, -0.05) is 24.3 Å². The largest absolute Gasteiger partial charge is 0.307 e. The van der Waals surface area contributed by atoms with Crippen molar-refractivity contribution < 1.29 is 4.92 Å². The summed E-state index contributed by atoms with van der Waals surface area (Å²) >= 11 is 0. The van der Waals surface area contributed by atoms with Crippen molar-refractivity contribution in [2.45, 2.75) is 25.6 Å². The minimum Gasteiger partial charge on any atom is -0.280 e. The first-order valence-electron chi connectivity index (χ1n) is 6.60. The quantitative estimate of drug-likeness (QED) is 0.633. The number of fused-ring (bicyclic) bond motifs is 1. The number of aryl methyl sites for hydroxylation is 1. The van der Waals surface area contributed by atoms with Gasteiger partial charge in [0, 0.05) is 6.04 Å². The van der Waals surface area contributed by atoms with E-state index in [9.17, 15) is 10.1 Å². The average Bonchev–Trinajstić information content (AvgIpc) is 3.04. The van der Waals surface area contributed by atoms with Gasteiger partial charge < -0.3 is 0 Å². The van der Waals surface area contributed by atoms with E-state index in [0.29, 0.717) is 12.7 Å². The van der Waals surface area contributed by atoms with Crippen LogP contribution in [0.3, 0.4) is 0 Å². The van der Waals surface area contributed by atoms with Crippen molar-refractivity contribution in [1.82, 2.24) is 14.7 Å². The van der Waals surface area contributed by atoms with Gasteiger partial charge in [-0.15, -0.1) is 0 Å². The molecule has 0 bridgehead atoms. The highest BCUT2D eigenvalue weighted by atomic mass is 16.6. The Labute approximate surface area is 116 Å². The van der Waals surface area contributed by atoms with Crippen molar-refractivity contribution in [3.05, 3.63) is 57.9 Å². The Morgan fingerprint density at radius 2 is 2.30 bits per heavy atom. The summed E-state index contributed by atoms with van der Waals surface area (Å²) in [6.45, 7) is 0.548. The Morgan fingerprint density at radius 1 is 1.50 bits per heavy atom. The first kappa shape index (κ1) is 12.8. The molecule has 0 spiro atoms. The molecule has 104 valence electrons. The molecular formula is C14H16N4O2. The fraction of sp³-hybridized carbons (Fsp3) is 0.357. The molecule has 1 aromatic carbocycles. The summed E-state index contributed by atoms with van der Waals surface area (Å²) in [4.78, 5) is 12.4. The smallest absolute Gasteiger partial charge is 0.280 e. The Bertz CT molecular complexity index is 638. The zero-order valence-corrected chi connectivity index (χ0v) is 11.3. The lowest BCUT2D eigenvalue weighted by Crippen LogP contribution is -2.26. The number of hydrogen-bond donors (Lipinski definition) is 0. The van der Waals surface area contributed by atoms with Crippen LogP contribution < -0.4 is 0 Å². The van der Waals surface area contributed by atoms with E-state index in [0.717, 1.165) is 12.8 Å². The van der Waals surface area contributed by atoms with Gasteiger partial charge in [-0.05, 0) is 31.0 Å². The highest BCUT2D eigenvalue weighted by molar-refractivity contribution is 5.34. The van der Waals surface area contributed by atoms with Gasteiger partial charge in [0.2, 0.25) is 0 Å². The van der Waals surface area contributed by atoms with Crippen molar-refractivity contribution in [2.24, 2.45) is 0 Å². The van der Waals surface area contributed by atoms with Crippen molar-refractivity contribution in [1.29, 1.82) is 0 Å². The van der Waals surface area contributed by atoms with Crippen molar-refractivity contribution in [3.63, 3.8) is 0 Å². The van der Waals surface area contributed by atoms with Crippen molar-refractivity contribution >= 4 is 5.69 Å². The first-order chi connectivity index (χ1) is 9.65. The second-order valence-electron chi connectivity index (χ2n) is 5.15. The predicted octanol–water partition coefficient (Wildman–Crippen LogP) is 2.37. The van der Waals surface area contributed by atoms with Gasteiger partial charge in [-0.2, -0.15) is 5.10 Å². The molecule has 1 atom stereocenters. The maximum Gasteiger partial charge on any atom is 0.307 e. The Kier molecular flexibility index (Phi) is 3.23. The van der Waals surface area contributed by atoms with Gasteiger partial charge in [0.1, 0.15) is 12.4 Å². The summed E-state index contributed by atoms with van der Waals surface area (Å²) in [6.07, 6.45) is 4.93. The summed E-state index contributed by atoms with van der Waals surface area (Å²) in [5.74, 6) is 0. The summed E-state index contributed by atoms with van der Waals surface area (Å²) in [5, 5.41) is 14.7. The normalized spacial score (nSPS) is 17.4. The van der Waals surface area contributed by atoms with E-state index in [2.05, 4.69) is 34.3 Å². The molecule has 1 heterocycles. The van der Waals surface area contributed by atoms with E-state index in [1.807, 2.05) is 7.05 Å². The van der Waals surface area contributed by atoms with Crippen LogP contribution in [0.15, 0.2) is 36.7 Å². The summed E-state index contributed by atoms with van der Waals surface area (Å²) in [7, 11) is 2.03. The molecular weight excluding hydrogens is 256 g/mol. The van der Waals surface area contributed by atoms with Crippen LogP contribution in [0.5, 0.6) is 0 Å². The Morgan fingerprint density at radius 3 is 3.05 bits per heavy atom. The lowest BCUT2D eigenvalue weighted by Gasteiger charge is -2.24. The molecule has 1 unspecified atom stereocenters. The Hall–Kier alpha value is -2.21. The first-order valence-corrected chi connectivity index (χ1v) is 6.60. The van der Waals surface area contributed by atoms with Crippen LogP contribution in [0, 0.1) is 10.1 Å². The zero-order valence-electron chi connectivity index (χ0n) is 11.3. The predicted molar refractivity (Wildman–Crippen MR) is 74.1 cm³/mol. The zero-order chi connectivity index (χ0) is 14.1. The maximum atomic E-state index is 10.7. The van der Waals surface area contributed by atoms with Crippen LogP contribution in [0.25, 0.3) is 0 Å². The molecule has 6 heteroatoms. The van der Waals surface area contributed by atoms with Crippen molar-refractivity contribution in [2.75, 3.05) is 7.05 Å². The van der Waals surface area contributed by atoms with Crippen LogP contribution in [0.2, 0.25) is 0 Å². The van der Waals surface area contributed by atoms with E-state index in [1.165, 1.54) is 23.5 Å². The molecule has 1 aliphatic carbocycles. The molecule has 0 radical (unpaired) electrons. The minimum atomic E-state index is -0.422. The molecule has 2 aromatic rings. The van der Waals surface area contributed by atoms with Gasteiger partial charge in [-0.25, -0.2) is 0 Å². The van der Waals surface area contributed by atoms with Gasteiger partial charge >= 0.3 is 5.69 Å². The van der Waals surface area contributed by atoms with Crippen molar-refractivity contribution in [3.8, 4) is 0 Å². The minimum absolute atomic E-state index is 0.0326. The summed E-state index contributed by atoms with van der Waals surface area (Å²) in [5.41, 5.74) is 2.79. The van der Waals surface area contributed by atoms with E-state index < -0.39 is 4.92 Å². The molecule has 20 heavy (non-hydrogen) atoms. The number of aromatic nitrogens is 2. The van der Waals surface area contributed by atoms with E-state index in [4.69, 9.17) is 0 Å². The molecule has 1 aliphatic rings. The molecule has 1 aromatic heterocycles. The molecule has 0 N–H and O–H groups in total. The van der Waals surface area contributed by atoms with Crippen LogP contribution >= 0.6 is 0 Å². The third-order valence-corrected chi connectivity index (χ3v) is 3.83. The number of hydrogen-bond acceptors (Lipinski definition) is 4. The summed E-state index contributed by atoms with van der Waals surface area (Å²) < 4.78 is 1.61. The second-order valence-corrected chi connectivity index (χ2v) is 5.15. The monoisotopic (exact) mass is 272 g/mol. The van der Waals surface area contributed by atoms with Gasteiger partial charge in [0.25, 0.3) is 0 Å². The van der Waals surface area contributed by atoms with Crippen LogP contribution in [0.4, 0.5) is 5.69 Å². The fourth-order valence-corrected chi connectivity index (χ4v) is 2.84. The second kappa shape index (κ2) is 5.05. The maximum absolute atomic E-state index is 10.7. The highest BCUT2D eigenvalue weighted by Gasteiger charge is 2.25. The van der Waals surface area contributed by atoms with E-state index >= 15 is 0 Å². The number of nitro groups is 1. The fourth-order valence-electron chi connectivity index (χ4n) is 2.84. The molecule has 0 saturated carbocycles. The average molecular weight is 272 g/mol. The van der Waals surface area contributed by atoms with Gasteiger partial charge in [0.05, 0.1) is 11.6 Å². The van der Waals surface area contributed by atoms with Crippen LogP contribution in [0.1, 0.15) is 23.6 Å². The van der Waals surface area contributed by atoms with E-state index in [-0.39, 0.29) is 5.69 Å². The number of benzene rings is 1. The lowest BCUT2D eigenvalue weighted by molar-refractivity contribution is -0.385. The lowest BCUT2D eigenvalue weighted by atomic mass is 10.1. The SMILES string of the molecule is CN(Cn1cc([N+](=O)[O-])cn1)C1CCc2ccccc21. The molecule has 6 nitrogen and oxygen atoms in total. The Balaban J connectivity index is 1.74. The summed E-state index contributed by atoms with van der Waals surface area (Å²) in [6, 6.07) is 8.81. The van der Waals surface area contributed by atoms with Crippen LogP contribution in [-0.2, 0) is 13.1 Å². The molecule has 0 saturated heterocycles. The standard InChI is InChI=1S/C14H16N4O2/c1-16(10-17-9-12(8-15-17)18(19)20)14-7-6-11-4-2-3-5-13(11)14/h2-5,8-9,14H,6-7,10H2,1H3. The van der Waals surface area contributed by atoms with Gasteiger partial charge in [-0.3, -0.25) is 19.7 Å². The van der Waals surface area contributed by atoms with E-state index in [1.54, 1.807) is 4.68 Å². The molecule has 0 aliphatic heterocycles. The van der Waals surface area contributed by atoms with Gasteiger partial charge in [0.15, 0.2) is 0 Å². The topological polar surface area (TPSA) is 64.2 Å². The number of rotatable bonds is 4. The van der Waals surface area contributed by atoms with Crippen LogP contribution in [-0.4, -0.2) is 26.7 Å². The third kappa shape index (κ3) is 2.30. The molecule has 3 rings (SSSR count). The third-order valence-electron chi connectivity index (χ3n) is 3.83. The molecule has 0 amide bonds.